The average Bonchev–Trinajstić information content (AvgIpc) is 2.19. The normalized spacial score (nSPS) is 8.56. The minimum absolute atomic E-state index is 0. The summed E-state index contributed by atoms with van der Waals surface area (Å²) in [7, 11) is 1.69. The summed E-state index contributed by atoms with van der Waals surface area (Å²) in [5, 5.41) is 5.05. The Bertz CT molecular complexity index is 139. The first-order chi connectivity index (χ1) is 3.93. The van der Waals surface area contributed by atoms with Crippen LogP contribution in [0.5, 0.6) is 0 Å². The Kier molecular flexibility index (Phi) is 5.22. The van der Waals surface area contributed by atoms with Crippen LogP contribution in [-0.4, -0.2) is 7.11 Å². The summed E-state index contributed by atoms with van der Waals surface area (Å²) in [6.07, 6.45) is 0. The molecule has 0 amide bonds. The number of rotatable bonds is 2. The van der Waals surface area contributed by atoms with Crippen LogP contribution in [0.1, 0.15) is 5.56 Å². The van der Waals surface area contributed by atoms with E-state index in [-0.39, 0.29) is 18.9 Å². The van der Waals surface area contributed by atoms with Crippen LogP contribution >= 0.6 is 11.3 Å². The molecule has 44 valence electrons. The predicted octanol–water partition coefficient (Wildman–Crippen LogP) is -1.30. The molecular weight excluding hydrogens is 127 g/mol. The van der Waals surface area contributed by atoms with E-state index in [1.165, 1.54) is 0 Å². The third-order valence-corrected chi connectivity index (χ3v) is 1.48. The minimum Gasteiger partial charge on any atom is -0.382 e. The average molecular weight is 134 g/mol. The first-order valence-corrected chi connectivity index (χ1v) is 3.24. The van der Waals surface area contributed by atoms with Crippen LogP contribution in [0, 0.1) is 5.38 Å². The van der Waals surface area contributed by atoms with Crippen LogP contribution in [-0.2, 0) is 11.3 Å². The molecule has 0 radical (unpaired) electrons. The molecular formula is C6H7LiOS. The first kappa shape index (κ1) is 9.26. The Hall–Kier alpha value is 0.257. The monoisotopic (exact) mass is 134 g/mol. The van der Waals surface area contributed by atoms with E-state index in [1.54, 1.807) is 18.4 Å². The van der Waals surface area contributed by atoms with Crippen molar-refractivity contribution in [2.24, 2.45) is 0 Å². The van der Waals surface area contributed by atoms with Gasteiger partial charge in [0.25, 0.3) is 0 Å². The second-order valence-electron chi connectivity index (χ2n) is 1.48. The van der Waals surface area contributed by atoms with Crippen LogP contribution in [0.15, 0.2) is 11.4 Å². The fourth-order valence-electron chi connectivity index (χ4n) is 0.493. The topological polar surface area (TPSA) is 9.23 Å². The summed E-state index contributed by atoms with van der Waals surface area (Å²) in [6.45, 7) is 0.684. The van der Waals surface area contributed by atoms with Crippen LogP contribution in [0.2, 0.25) is 0 Å². The number of hydrogen-bond acceptors (Lipinski definition) is 2. The summed E-state index contributed by atoms with van der Waals surface area (Å²) in [4.78, 5) is 0. The van der Waals surface area contributed by atoms with Gasteiger partial charge < -0.3 is 16.1 Å². The van der Waals surface area contributed by atoms with Crippen molar-refractivity contribution in [1.29, 1.82) is 0 Å². The van der Waals surface area contributed by atoms with Gasteiger partial charge in [-0.3, -0.25) is 0 Å². The molecule has 0 saturated carbocycles. The minimum atomic E-state index is 0. The molecule has 0 saturated heterocycles. The quantitative estimate of drug-likeness (QED) is 0.361. The van der Waals surface area contributed by atoms with Crippen molar-refractivity contribution in [1.82, 2.24) is 0 Å². The summed E-state index contributed by atoms with van der Waals surface area (Å²) in [5.41, 5.74) is 1.14. The molecule has 0 aliphatic carbocycles. The molecule has 0 aliphatic rings. The second-order valence-corrected chi connectivity index (χ2v) is 2.19. The van der Waals surface area contributed by atoms with Crippen LogP contribution in [0.4, 0.5) is 0 Å². The summed E-state index contributed by atoms with van der Waals surface area (Å²) in [5.74, 6) is 0. The van der Waals surface area contributed by atoms with E-state index in [1.807, 2.05) is 11.4 Å². The summed E-state index contributed by atoms with van der Waals surface area (Å²) in [6, 6.07) is 2.01. The van der Waals surface area contributed by atoms with Gasteiger partial charge in [-0.15, -0.1) is 10.9 Å². The Morgan fingerprint density at radius 1 is 1.78 bits per heavy atom. The second kappa shape index (κ2) is 5.07. The first-order valence-electron chi connectivity index (χ1n) is 2.36. The number of ether oxygens (including phenoxy) is 1. The van der Waals surface area contributed by atoms with Gasteiger partial charge in [-0.1, -0.05) is 0 Å². The zero-order valence-corrected chi connectivity index (χ0v) is 6.49. The molecule has 0 bridgehead atoms. The smallest absolute Gasteiger partial charge is 0.382 e. The third kappa shape index (κ3) is 3.07. The van der Waals surface area contributed by atoms with Crippen LogP contribution in [0.3, 0.4) is 0 Å². The van der Waals surface area contributed by atoms with Gasteiger partial charge in [-0.05, 0) is 0 Å². The van der Waals surface area contributed by atoms with Gasteiger partial charge in [0, 0.05) is 13.7 Å². The standard InChI is InChI=1S/C6H7OS.Li/c1-7-4-6-2-3-8-5-6;/h2-3H,4H2,1H3;/q-1;+1. The van der Waals surface area contributed by atoms with Gasteiger partial charge in [0.15, 0.2) is 0 Å². The van der Waals surface area contributed by atoms with E-state index in [0.29, 0.717) is 6.61 Å². The molecule has 1 heterocycles. The van der Waals surface area contributed by atoms with Gasteiger partial charge in [0.05, 0.1) is 0 Å². The Morgan fingerprint density at radius 2 is 2.56 bits per heavy atom. The van der Waals surface area contributed by atoms with Crippen molar-refractivity contribution in [3.05, 3.63) is 22.4 Å². The fourth-order valence-corrected chi connectivity index (χ4v) is 1.07. The molecule has 0 aromatic carbocycles. The van der Waals surface area contributed by atoms with Gasteiger partial charge >= 0.3 is 18.9 Å². The molecule has 0 spiro atoms. The molecule has 0 unspecified atom stereocenters. The van der Waals surface area contributed by atoms with Crippen molar-refractivity contribution >= 4 is 11.3 Å². The van der Waals surface area contributed by atoms with E-state index in [4.69, 9.17) is 4.74 Å². The molecule has 0 aliphatic heterocycles. The van der Waals surface area contributed by atoms with E-state index < -0.39 is 0 Å². The molecule has 1 aromatic heterocycles. The molecule has 0 fully saturated rings. The van der Waals surface area contributed by atoms with Crippen molar-refractivity contribution in [2.45, 2.75) is 6.61 Å². The zero-order chi connectivity index (χ0) is 5.82. The molecule has 9 heavy (non-hydrogen) atoms. The van der Waals surface area contributed by atoms with Crippen molar-refractivity contribution in [2.75, 3.05) is 7.11 Å². The molecule has 1 rings (SSSR count). The molecule has 0 N–H and O–H groups in total. The summed E-state index contributed by atoms with van der Waals surface area (Å²) >= 11 is 1.57. The largest absolute Gasteiger partial charge is 1.00 e. The van der Waals surface area contributed by atoms with Crippen LogP contribution < -0.4 is 18.9 Å². The van der Waals surface area contributed by atoms with Gasteiger partial charge in [-0.25, -0.2) is 0 Å². The van der Waals surface area contributed by atoms with E-state index in [2.05, 4.69) is 5.38 Å². The maximum atomic E-state index is 4.86. The van der Waals surface area contributed by atoms with E-state index in [0.717, 1.165) is 5.56 Å². The molecule has 3 heteroatoms. The third-order valence-electron chi connectivity index (χ3n) is 0.827. The fraction of sp³-hybridized carbons (Fsp3) is 0.333. The molecule has 0 atom stereocenters. The Labute approximate surface area is 71.2 Å². The molecule has 1 nitrogen and oxygen atoms in total. The van der Waals surface area contributed by atoms with Gasteiger partial charge in [0.1, 0.15) is 0 Å². The van der Waals surface area contributed by atoms with Crippen molar-refractivity contribution < 1.29 is 23.6 Å². The Morgan fingerprint density at radius 3 is 3.00 bits per heavy atom. The maximum Gasteiger partial charge on any atom is 1.00 e. The predicted molar refractivity (Wildman–Crippen MR) is 33.9 cm³/mol. The van der Waals surface area contributed by atoms with Crippen molar-refractivity contribution in [3.8, 4) is 0 Å². The number of methoxy groups -OCH3 is 1. The SMILES string of the molecule is COCc1[c-]scc1.[Li+]. The van der Waals surface area contributed by atoms with E-state index >= 15 is 0 Å². The van der Waals surface area contributed by atoms with Crippen molar-refractivity contribution in [3.63, 3.8) is 0 Å². The number of hydrogen-bond donors (Lipinski definition) is 0. The number of thiophene rings is 1. The van der Waals surface area contributed by atoms with Gasteiger partial charge in [0.2, 0.25) is 0 Å². The Balaban J connectivity index is 0.000000640. The zero-order valence-electron chi connectivity index (χ0n) is 5.68. The van der Waals surface area contributed by atoms with E-state index in [9.17, 15) is 0 Å². The maximum absolute atomic E-state index is 4.86. The summed E-state index contributed by atoms with van der Waals surface area (Å²) < 4.78 is 4.86. The van der Waals surface area contributed by atoms with Gasteiger partial charge in [-0.2, -0.15) is 11.4 Å². The van der Waals surface area contributed by atoms with Crippen LogP contribution in [0.25, 0.3) is 0 Å². The molecule has 1 aromatic rings.